The molecule has 1 aromatic heterocycles. The number of carboxylic acids is 1. The summed E-state index contributed by atoms with van der Waals surface area (Å²) in [6.45, 7) is 0.358. The van der Waals surface area contributed by atoms with Crippen molar-refractivity contribution < 1.29 is 19.4 Å². The number of aromatic nitrogens is 2. The first-order valence-corrected chi connectivity index (χ1v) is 7.36. The molecule has 2 heterocycles. The smallest absolute Gasteiger partial charge is 0.325 e. The van der Waals surface area contributed by atoms with Gasteiger partial charge in [-0.25, -0.2) is 0 Å². The number of hydrogen-bond donors (Lipinski definition) is 2. The SMILES string of the molecule is O=C(O)Cn1ccc(NC(=O)C[C@@H]2OCCc3ccccc32)n1. The molecule has 1 aliphatic rings. The van der Waals surface area contributed by atoms with Crippen LogP contribution in [0, 0.1) is 0 Å². The Morgan fingerprint density at radius 1 is 1.35 bits per heavy atom. The number of nitrogens with one attached hydrogen (secondary N) is 1. The largest absolute Gasteiger partial charge is 0.480 e. The summed E-state index contributed by atoms with van der Waals surface area (Å²) in [6.07, 6.45) is 2.30. The van der Waals surface area contributed by atoms with Crippen molar-refractivity contribution in [1.29, 1.82) is 0 Å². The van der Waals surface area contributed by atoms with Gasteiger partial charge in [-0.2, -0.15) is 5.10 Å². The lowest BCUT2D eigenvalue weighted by Crippen LogP contribution is -2.22. The Balaban J connectivity index is 1.62. The zero-order valence-electron chi connectivity index (χ0n) is 12.4. The highest BCUT2D eigenvalue weighted by molar-refractivity contribution is 5.90. The Morgan fingerprint density at radius 2 is 2.17 bits per heavy atom. The second-order valence-electron chi connectivity index (χ2n) is 5.35. The molecule has 0 saturated carbocycles. The van der Waals surface area contributed by atoms with Gasteiger partial charge in [0.25, 0.3) is 0 Å². The monoisotopic (exact) mass is 315 g/mol. The van der Waals surface area contributed by atoms with Crippen molar-refractivity contribution in [3.05, 3.63) is 47.7 Å². The minimum atomic E-state index is -0.988. The normalized spacial score (nSPS) is 16.6. The van der Waals surface area contributed by atoms with E-state index in [1.807, 2.05) is 18.2 Å². The summed E-state index contributed by atoms with van der Waals surface area (Å²) in [5.41, 5.74) is 2.26. The summed E-state index contributed by atoms with van der Waals surface area (Å²) < 4.78 is 6.96. The van der Waals surface area contributed by atoms with Crippen molar-refractivity contribution in [2.75, 3.05) is 11.9 Å². The van der Waals surface area contributed by atoms with Gasteiger partial charge in [0.05, 0.1) is 19.1 Å². The van der Waals surface area contributed by atoms with Gasteiger partial charge >= 0.3 is 5.97 Å². The molecular weight excluding hydrogens is 298 g/mol. The molecule has 0 bridgehead atoms. The van der Waals surface area contributed by atoms with Gasteiger partial charge in [-0.3, -0.25) is 14.3 Å². The summed E-state index contributed by atoms with van der Waals surface area (Å²) in [5.74, 6) is -0.870. The summed E-state index contributed by atoms with van der Waals surface area (Å²) in [4.78, 5) is 22.8. The van der Waals surface area contributed by atoms with E-state index in [1.54, 1.807) is 6.07 Å². The lowest BCUT2D eigenvalue weighted by atomic mass is 9.96. The first kappa shape index (κ1) is 15.2. The van der Waals surface area contributed by atoms with E-state index in [0.29, 0.717) is 12.4 Å². The van der Waals surface area contributed by atoms with Gasteiger partial charge in [-0.15, -0.1) is 0 Å². The Hall–Kier alpha value is -2.67. The van der Waals surface area contributed by atoms with Crippen molar-refractivity contribution >= 4 is 17.7 Å². The lowest BCUT2D eigenvalue weighted by molar-refractivity contribution is -0.137. The van der Waals surface area contributed by atoms with Crippen LogP contribution in [0.4, 0.5) is 5.82 Å². The van der Waals surface area contributed by atoms with Gasteiger partial charge in [-0.05, 0) is 17.5 Å². The van der Waals surface area contributed by atoms with Gasteiger partial charge in [0.1, 0.15) is 6.54 Å². The number of nitrogens with zero attached hydrogens (tertiary/aromatic N) is 2. The van der Waals surface area contributed by atoms with Crippen LogP contribution in [0.25, 0.3) is 0 Å². The molecule has 0 radical (unpaired) electrons. The number of amides is 1. The Morgan fingerprint density at radius 3 is 3.00 bits per heavy atom. The molecule has 2 aromatic rings. The molecule has 1 aromatic carbocycles. The fourth-order valence-electron chi connectivity index (χ4n) is 2.66. The van der Waals surface area contributed by atoms with Crippen molar-refractivity contribution in [3.63, 3.8) is 0 Å². The predicted molar refractivity (Wildman–Crippen MR) is 81.9 cm³/mol. The molecule has 3 rings (SSSR count). The molecule has 1 aliphatic heterocycles. The summed E-state index contributed by atoms with van der Waals surface area (Å²) in [7, 11) is 0. The van der Waals surface area contributed by atoms with Crippen LogP contribution in [-0.4, -0.2) is 33.4 Å². The number of benzene rings is 1. The number of carbonyl (C=O) groups is 2. The van der Waals surface area contributed by atoms with Crippen molar-refractivity contribution in [3.8, 4) is 0 Å². The standard InChI is InChI=1S/C16H17N3O4/c20-15(17-14-5-7-19(18-14)10-16(21)22)9-13-12-4-2-1-3-11(12)6-8-23-13/h1-5,7,13H,6,8-10H2,(H,21,22)(H,17,18,20)/t13-/m0/s1. The highest BCUT2D eigenvalue weighted by Crippen LogP contribution is 2.29. The maximum absolute atomic E-state index is 12.2. The van der Waals surface area contributed by atoms with Gasteiger partial charge in [0.15, 0.2) is 5.82 Å². The molecule has 1 atom stereocenters. The first-order chi connectivity index (χ1) is 11.1. The topological polar surface area (TPSA) is 93.5 Å². The zero-order chi connectivity index (χ0) is 16.2. The maximum Gasteiger partial charge on any atom is 0.325 e. The van der Waals surface area contributed by atoms with Crippen LogP contribution in [-0.2, 0) is 27.3 Å². The molecule has 7 heteroatoms. The summed E-state index contributed by atoms with van der Waals surface area (Å²) in [5, 5.41) is 15.4. The zero-order valence-corrected chi connectivity index (χ0v) is 12.4. The van der Waals surface area contributed by atoms with Crippen molar-refractivity contribution in [2.45, 2.75) is 25.5 Å². The van der Waals surface area contributed by atoms with E-state index in [2.05, 4.69) is 16.5 Å². The van der Waals surface area contributed by atoms with E-state index in [-0.39, 0.29) is 25.0 Å². The number of anilines is 1. The third kappa shape index (κ3) is 3.75. The average molecular weight is 315 g/mol. The fourth-order valence-corrected chi connectivity index (χ4v) is 2.66. The molecule has 0 unspecified atom stereocenters. The molecule has 0 saturated heterocycles. The molecule has 120 valence electrons. The second-order valence-corrected chi connectivity index (χ2v) is 5.35. The van der Waals surface area contributed by atoms with Crippen LogP contribution in [0.3, 0.4) is 0 Å². The molecular formula is C16H17N3O4. The van der Waals surface area contributed by atoms with Crippen molar-refractivity contribution in [1.82, 2.24) is 9.78 Å². The summed E-state index contributed by atoms with van der Waals surface area (Å²) in [6, 6.07) is 9.52. The third-order valence-electron chi connectivity index (χ3n) is 3.67. The minimum Gasteiger partial charge on any atom is -0.480 e. The number of fused-ring (bicyclic) bond motifs is 1. The van der Waals surface area contributed by atoms with Crippen LogP contribution >= 0.6 is 0 Å². The highest BCUT2D eigenvalue weighted by Gasteiger charge is 2.23. The lowest BCUT2D eigenvalue weighted by Gasteiger charge is -2.25. The number of hydrogen-bond acceptors (Lipinski definition) is 4. The van der Waals surface area contributed by atoms with Crippen LogP contribution in [0.5, 0.6) is 0 Å². The van der Waals surface area contributed by atoms with Crippen LogP contribution in [0.2, 0.25) is 0 Å². The molecule has 0 aliphatic carbocycles. The number of rotatable bonds is 5. The quantitative estimate of drug-likeness (QED) is 0.874. The van der Waals surface area contributed by atoms with Gasteiger partial charge in [-0.1, -0.05) is 24.3 Å². The van der Waals surface area contributed by atoms with E-state index < -0.39 is 5.97 Å². The molecule has 0 spiro atoms. The molecule has 2 N–H and O–H groups in total. The molecule has 1 amide bonds. The predicted octanol–water partition coefficient (Wildman–Crippen LogP) is 1.61. The van der Waals surface area contributed by atoms with E-state index >= 15 is 0 Å². The Labute approximate surface area is 132 Å². The second kappa shape index (κ2) is 6.62. The molecule has 7 nitrogen and oxygen atoms in total. The number of ether oxygens (including phenoxy) is 1. The number of carboxylic acid groups (broad SMARTS) is 1. The number of carbonyl (C=O) groups excluding carboxylic acids is 1. The first-order valence-electron chi connectivity index (χ1n) is 7.36. The fraction of sp³-hybridized carbons (Fsp3) is 0.312. The van der Waals surface area contributed by atoms with Gasteiger partial charge in [0, 0.05) is 12.3 Å². The minimum absolute atomic E-state index is 0.197. The van der Waals surface area contributed by atoms with Crippen molar-refractivity contribution in [2.24, 2.45) is 0 Å². The van der Waals surface area contributed by atoms with Gasteiger partial charge < -0.3 is 15.2 Å². The van der Waals surface area contributed by atoms with E-state index in [4.69, 9.17) is 9.84 Å². The van der Waals surface area contributed by atoms with E-state index in [9.17, 15) is 9.59 Å². The number of aliphatic carboxylic acids is 1. The Kier molecular flexibility index (Phi) is 4.38. The van der Waals surface area contributed by atoms with E-state index in [0.717, 1.165) is 12.0 Å². The summed E-state index contributed by atoms with van der Waals surface area (Å²) >= 11 is 0. The maximum atomic E-state index is 12.2. The Bertz CT molecular complexity index is 726. The average Bonchev–Trinajstić information content (AvgIpc) is 2.93. The van der Waals surface area contributed by atoms with E-state index in [1.165, 1.54) is 16.4 Å². The highest BCUT2D eigenvalue weighted by atomic mass is 16.5. The molecule has 0 fully saturated rings. The third-order valence-corrected chi connectivity index (χ3v) is 3.67. The van der Waals surface area contributed by atoms with Crippen LogP contribution < -0.4 is 5.32 Å². The van der Waals surface area contributed by atoms with Crippen LogP contribution in [0.1, 0.15) is 23.7 Å². The molecule has 23 heavy (non-hydrogen) atoms. The van der Waals surface area contributed by atoms with Gasteiger partial charge in [0.2, 0.25) is 5.91 Å². The van der Waals surface area contributed by atoms with Crippen LogP contribution in [0.15, 0.2) is 36.5 Å².